The van der Waals surface area contributed by atoms with E-state index in [2.05, 4.69) is 30.3 Å². The molecule has 1 fully saturated rings. The molecule has 1 heterocycles. The molecule has 132 valence electrons. The summed E-state index contributed by atoms with van der Waals surface area (Å²) in [5.74, 6) is 0.874. The van der Waals surface area contributed by atoms with E-state index in [0.29, 0.717) is 28.8 Å². The van der Waals surface area contributed by atoms with Gasteiger partial charge in [-0.25, -0.2) is 0 Å². The molecule has 0 aliphatic carbocycles. The quantitative estimate of drug-likeness (QED) is 0.684. The van der Waals surface area contributed by atoms with E-state index in [1.165, 1.54) is 5.56 Å². The third-order valence-corrected chi connectivity index (χ3v) is 5.69. The highest BCUT2D eigenvalue weighted by Gasteiger charge is 2.23. The predicted molar refractivity (Wildman–Crippen MR) is 104 cm³/mol. The first kappa shape index (κ1) is 18.3. The number of likely N-dealkylation sites (tertiary alicyclic amines) is 1. The highest BCUT2D eigenvalue weighted by Crippen LogP contribution is 2.26. The summed E-state index contributed by atoms with van der Waals surface area (Å²) < 4.78 is 0. The molecular weight excluding hydrogens is 353 g/mol. The Hall–Kier alpha value is -1.51. The Bertz CT molecular complexity index is 689. The van der Waals surface area contributed by atoms with Gasteiger partial charge in [0.1, 0.15) is 0 Å². The Balaban J connectivity index is 1.47. The second-order valence-electron chi connectivity index (χ2n) is 6.71. The van der Waals surface area contributed by atoms with Crippen molar-refractivity contribution in [3.05, 3.63) is 69.7 Å². The molecule has 0 unspecified atom stereocenters. The Kier molecular flexibility index (Phi) is 6.39. The lowest BCUT2D eigenvalue weighted by Crippen LogP contribution is -2.39. The smallest absolute Gasteiger partial charge is 0.222 e. The molecule has 0 atom stereocenters. The highest BCUT2D eigenvalue weighted by atomic mass is 35.5. The van der Waals surface area contributed by atoms with Crippen molar-refractivity contribution in [2.24, 2.45) is 5.92 Å². The minimum absolute atomic E-state index is 0.203. The Morgan fingerprint density at radius 1 is 0.960 bits per heavy atom. The van der Waals surface area contributed by atoms with Gasteiger partial charge in [-0.05, 0) is 54.9 Å². The predicted octanol–water partition coefficient (Wildman–Crippen LogP) is 5.41. The van der Waals surface area contributed by atoms with Crippen molar-refractivity contribution in [2.75, 3.05) is 13.1 Å². The van der Waals surface area contributed by atoms with E-state index in [4.69, 9.17) is 23.2 Å². The van der Waals surface area contributed by atoms with E-state index in [-0.39, 0.29) is 5.91 Å². The van der Waals surface area contributed by atoms with Crippen molar-refractivity contribution in [3.8, 4) is 0 Å². The molecule has 0 radical (unpaired) electrons. The maximum atomic E-state index is 12.5. The number of carbonyl (C=O) groups is 1. The Morgan fingerprint density at radius 3 is 2.24 bits per heavy atom. The van der Waals surface area contributed by atoms with Crippen LogP contribution in [0, 0.1) is 5.92 Å². The number of carbonyl (C=O) groups excluding carboxylic acids is 1. The number of nitrogens with zero attached hydrogens (tertiary/aromatic N) is 1. The topological polar surface area (TPSA) is 20.3 Å². The average molecular weight is 376 g/mol. The minimum atomic E-state index is 0.203. The molecule has 1 aliphatic rings. The van der Waals surface area contributed by atoms with Gasteiger partial charge in [0, 0.05) is 29.6 Å². The van der Waals surface area contributed by atoms with Gasteiger partial charge in [-0.15, -0.1) is 0 Å². The normalized spacial score (nSPS) is 15.4. The van der Waals surface area contributed by atoms with Crippen LogP contribution in [0.2, 0.25) is 10.0 Å². The van der Waals surface area contributed by atoms with Gasteiger partial charge in [-0.1, -0.05) is 59.6 Å². The fourth-order valence-corrected chi connectivity index (χ4v) is 4.08. The Morgan fingerprint density at radius 2 is 1.60 bits per heavy atom. The lowest BCUT2D eigenvalue weighted by atomic mass is 9.90. The molecule has 2 aromatic carbocycles. The number of rotatable bonds is 5. The van der Waals surface area contributed by atoms with E-state index < -0.39 is 0 Å². The maximum absolute atomic E-state index is 12.5. The molecule has 0 N–H and O–H groups in total. The SMILES string of the molecule is O=C(CCc1c(Cl)cccc1Cl)N1CCC(Cc2ccccc2)CC1. The molecule has 2 nitrogen and oxygen atoms in total. The fraction of sp³-hybridized carbons (Fsp3) is 0.381. The van der Waals surface area contributed by atoms with Crippen LogP contribution < -0.4 is 0 Å². The van der Waals surface area contributed by atoms with Gasteiger partial charge in [0.05, 0.1) is 0 Å². The second kappa shape index (κ2) is 8.73. The van der Waals surface area contributed by atoms with Crippen molar-refractivity contribution < 1.29 is 4.79 Å². The zero-order chi connectivity index (χ0) is 17.6. The number of benzene rings is 2. The van der Waals surface area contributed by atoms with Gasteiger partial charge in [-0.3, -0.25) is 4.79 Å². The molecule has 0 aromatic heterocycles. The molecule has 1 amide bonds. The van der Waals surface area contributed by atoms with E-state index in [1.807, 2.05) is 23.1 Å². The summed E-state index contributed by atoms with van der Waals surface area (Å²) in [5.41, 5.74) is 2.26. The first-order valence-electron chi connectivity index (χ1n) is 8.88. The van der Waals surface area contributed by atoms with Crippen LogP contribution in [-0.2, 0) is 17.6 Å². The van der Waals surface area contributed by atoms with Crippen molar-refractivity contribution >= 4 is 29.1 Å². The molecule has 4 heteroatoms. The summed E-state index contributed by atoms with van der Waals surface area (Å²) in [6.45, 7) is 1.71. The van der Waals surface area contributed by atoms with Crippen LogP contribution >= 0.6 is 23.2 Å². The summed E-state index contributed by atoms with van der Waals surface area (Å²) in [7, 11) is 0. The van der Waals surface area contributed by atoms with Gasteiger partial charge >= 0.3 is 0 Å². The van der Waals surface area contributed by atoms with Gasteiger partial charge in [0.2, 0.25) is 5.91 Å². The van der Waals surface area contributed by atoms with E-state index in [0.717, 1.165) is 37.9 Å². The van der Waals surface area contributed by atoms with Crippen LogP contribution in [0.25, 0.3) is 0 Å². The number of halogens is 2. The van der Waals surface area contributed by atoms with Crippen LogP contribution in [0.1, 0.15) is 30.4 Å². The lowest BCUT2D eigenvalue weighted by Gasteiger charge is -2.32. The first-order chi connectivity index (χ1) is 12.1. The molecule has 0 saturated carbocycles. The Labute approximate surface area is 159 Å². The van der Waals surface area contributed by atoms with Gasteiger partial charge in [0.15, 0.2) is 0 Å². The molecule has 2 aromatic rings. The summed E-state index contributed by atoms with van der Waals surface area (Å²) in [4.78, 5) is 14.5. The molecule has 1 saturated heterocycles. The monoisotopic (exact) mass is 375 g/mol. The molecule has 25 heavy (non-hydrogen) atoms. The lowest BCUT2D eigenvalue weighted by molar-refractivity contribution is -0.132. The standard InChI is InChI=1S/C21H23Cl2NO/c22-19-7-4-8-20(23)18(19)9-10-21(25)24-13-11-17(12-14-24)15-16-5-2-1-3-6-16/h1-8,17H,9-15H2. The minimum Gasteiger partial charge on any atom is -0.343 e. The van der Waals surface area contributed by atoms with Crippen LogP contribution in [-0.4, -0.2) is 23.9 Å². The van der Waals surface area contributed by atoms with E-state index in [9.17, 15) is 4.79 Å². The summed E-state index contributed by atoms with van der Waals surface area (Å²) in [6, 6.07) is 16.1. The van der Waals surface area contributed by atoms with Gasteiger partial charge in [0.25, 0.3) is 0 Å². The first-order valence-corrected chi connectivity index (χ1v) is 9.63. The highest BCUT2D eigenvalue weighted by molar-refractivity contribution is 6.36. The number of hydrogen-bond acceptors (Lipinski definition) is 1. The second-order valence-corrected chi connectivity index (χ2v) is 7.53. The zero-order valence-corrected chi connectivity index (χ0v) is 15.8. The van der Waals surface area contributed by atoms with Crippen LogP contribution in [0.4, 0.5) is 0 Å². The molecule has 0 bridgehead atoms. The summed E-state index contributed by atoms with van der Waals surface area (Å²) >= 11 is 12.4. The van der Waals surface area contributed by atoms with Crippen LogP contribution in [0.3, 0.4) is 0 Å². The van der Waals surface area contributed by atoms with E-state index in [1.54, 1.807) is 0 Å². The van der Waals surface area contributed by atoms with Crippen LogP contribution in [0.5, 0.6) is 0 Å². The maximum Gasteiger partial charge on any atom is 0.222 e. The van der Waals surface area contributed by atoms with Crippen molar-refractivity contribution in [1.29, 1.82) is 0 Å². The average Bonchev–Trinajstić information content (AvgIpc) is 2.62. The van der Waals surface area contributed by atoms with Crippen molar-refractivity contribution in [3.63, 3.8) is 0 Å². The molecule has 1 aliphatic heterocycles. The van der Waals surface area contributed by atoms with Crippen molar-refractivity contribution in [1.82, 2.24) is 4.90 Å². The molecule has 3 rings (SSSR count). The third-order valence-electron chi connectivity index (χ3n) is 4.98. The fourth-order valence-electron chi connectivity index (χ4n) is 3.50. The summed E-state index contributed by atoms with van der Waals surface area (Å²) in [6.07, 6.45) is 4.33. The number of amides is 1. The summed E-state index contributed by atoms with van der Waals surface area (Å²) in [5, 5.41) is 1.28. The van der Waals surface area contributed by atoms with Gasteiger partial charge in [-0.2, -0.15) is 0 Å². The molecular formula is C21H23Cl2NO. The van der Waals surface area contributed by atoms with Crippen molar-refractivity contribution in [2.45, 2.75) is 32.1 Å². The number of piperidine rings is 1. The largest absolute Gasteiger partial charge is 0.343 e. The van der Waals surface area contributed by atoms with Crippen LogP contribution in [0.15, 0.2) is 48.5 Å². The van der Waals surface area contributed by atoms with E-state index >= 15 is 0 Å². The number of hydrogen-bond donors (Lipinski definition) is 0. The zero-order valence-electron chi connectivity index (χ0n) is 14.3. The third kappa shape index (κ3) is 4.99. The molecule has 0 spiro atoms. The van der Waals surface area contributed by atoms with Gasteiger partial charge < -0.3 is 4.90 Å².